The second-order valence-corrected chi connectivity index (χ2v) is 5.71. The van der Waals surface area contributed by atoms with E-state index in [0.29, 0.717) is 17.4 Å². The van der Waals surface area contributed by atoms with Crippen LogP contribution in [-0.4, -0.2) is 34.0 Å². The van der Waals surface area contributed by atoms with E-state index in [1.807, 2.05) is 49.4 Å². The van der Waals surface area contributed by atoms with Crippen molar-refractivity contribution in [1.29, 1.82) is 0 Å². The quantitative estimate of drug-likeness (QED) is 0.509. The lowest BCUT2D eigenvalue weighted by Gasteiger charge is -2.06. The number of nitrogens with zero attached hydrogens (tertiary/aromatic N) is 4. The zero-order chi connectivity index (χ0) is 17.9. The fraction of sp³-hybridized carbons (Fsp3) is 0.158. The van der Waals surface area contributed by atoms with Crippen LogP contribution < -0.4 is 4.74 Å². The Morgan fingerprint density at radius 3 is 2.81 bits per heavy atom. The van der Waals surface area contributed by atoms with Crippen molar-refractivity contribution in [2.24, 2.45) is 0 Å². The van der Waals surface area contributed by atoms with Crippen molar-refractivity contribution in [2.45, 2.75) is 6.92 Å². The van der Waals surface area contributed by atoms with Crippen molar-refractivity contribution in [3.05, 3.63) is 54.4 Å². The van der Waals surface area contributed by atoms with Gasteiger partial charge >= 0.3 is 0 Å². The smallest absolute Gasteiger partial charge is 0.258 e. The number of ether oxygens (including phenoxy) is 2. The van der Waals surface area contributed by atoms with Gasteiger partial charge in [-0.2, -0.15) is 4.98 Å². The molecule has 0 spiro atoms. The van der Waals surface area contributed by atoms with E-state index < -0.39 is 0 Å². The molecule has 3 aromatic heterocycles. The summed E-state index contributed by atoms with van der Waals surface area (Å²) in [5.74, 6) is 1.61. The highest BCUT2D eigenvalue weighted by Crippen LogP contribution is 2.25. The molecular weight excluding hydrogens is 332 g/mol. The van der Waals surface area contributed by atoms with Crippen molar-refractivity contribution in [1.82, 2.24) is 20.1 Å². The Labute approximate surface area is 149 Å². The molecule has 7 heteroatoms. The first kappa shape index (κ1) is 16.2. The maximum absolute atomic E-state index is 5.45. The molecule has 0 radical (unpaired) electrons. The summed E-state index contributed by atoms with van der Waals surface area (Å²) < 4.78 is 15.7. The molecule has 0 N–H and O–H groups in total. The van der Waals surface area contributed by atoms with E-state index in [1.54, 1.807) is 13.3 Å². The average Bonchev–Trinajstić information content (AvgIpc) is 3.16. The van der Waals surface area contributed by atoms with Crippen molar-refractivity contribution in [3.8, 4) is 28.7 Å². The zero-order valence-electron chi connectivity index (χ0n) is 14.3. The van der Waals surface area contributed by atoms with E-state index in [2.05, 4.69) is 20.1 Å². The monoisotopic (exact) mass is 348 g/mol. The fourth-order valence-electron chi connectivity index (χ4n) is 2.57. The zero-order valence-corrected chi connectivity index (χ0v) is 14.3. The van der Waals surface area contributed by atoms with E-state index in [0.717, 1.165) is 27.9 Å². The summed E-state index contributed by atoms with van der Waals surface area (Å²) in [5.41, 5.74) is 3.18. The van der Waals surface area contributed by atoms with E-state index in [4.69, 9.17) is 14.0 Å². The average molecular weight is 348 g/mol. The maximum Gasteiger partial charge on any atom is 0.258 e. The van der Waals surface area contributed by atoms with Crippen LogP contribution in [0.25, 0.3) is 33.9 Å². The molecule has 0 saturated carbocycles. The third kappa shape index (κ3) is 3.25. The van der Waals surface area contributed by atoms with Gasteiger partial charge in [-0.25, -0.2) is 4.98 Å². The largest absolute Gasteiger partial charge is 0.468 e. The van der Waals surface area contributed by atoms with Crippen LogP contribution in [0.15, 0.2) is 53.2 Å². The summed E-state index contributed by atoms with van der Waals surface area (Å²) in [4.78, 5) is 13.2. The van der Waals surface area contributed by atoms with Crippen LogP contribution >= 0.6 is 0 Å². The van der Waals surface area contributed by atoms with E-state index in [-0.39, 0.29) is 6.79 Å². The molecule has 0 aliphatic heterocycles. The molecule has 7 nitrogen and oxygen atoms in total. The van der Waals surface area contributed by atoms with Crippen molar-refractivity contribution < 1.29 is 14.0 Å². The fourth-order valence-corrected chi connectivity index (χ4v) is 2.57. The molecule has 3 heterocycles. The van der Waals surface area contributed by atoms with Gasteiger partial charge in [-0.15, -0.1) is 0 Å². The minimum atomic E-state index is 0.205. The molecule has 0 saturated heterocycles. The minimum absolute atomic E-state index is 0.205. The number of aryl methyl sites for hydroxylation is 1. The predicted octanol–water partition coefficient (Wildman–Crippen LogP) is 3.64. The lowest BCUT2D eigenvalue weighted by atomic mass is 10.2. The number of fused-ring (bicyclic) bond motifs is 1. The van der Waals surface area contributed by atoms with Gasteiger partial charge in [0, 0.05) is 30.0 Å². The van der Waals surface area contributed by atoms with Crippen LogP contribution in [0.2, 0.25) is 0 Å². The molecule has 0 amide bonds. The van der Waals surface area contributed by atoms with E-state index in [9.17, 15) is 0 Å². The Bertz CT molecular complexity index is 1060. The number of benzene rings is 1. The third-order valence-electron chi connectivity index (χ3n) is 3.80. The summed E-state index contributed by atoms with van der Waals surface area (Å²) in [5, 5.41) is 5.00. The number of pyridine rings is 2. The van der Waals surface area contributed by atoms with Crippen LogP contribution in [0.3, 0.4) is 0 Å². The first-order chi connectivity index (χ1) is 12.7. The summed E-state index contributed by atoms with van der Waals surface area (Å²) >= 11 is 0. The van der Waals surface area contributed by atoms with E-state index >= 15 is 0 Å². The number of methoxy groups -OCH3 is 1. The molecule has 4 rings (SSSR count). The highest BCUT2D eigenvalue weighted by molar-refractivity contribution is 5.82. The van der Waals surface area contributed by atoms with Gasteiger partial charge in [0.1, 0.15) is 11.4 Å². The van der Waals surface area contributed by atoms with Crippen LogP contribution in [0.4, 0.5) is 0 Å². The molecule has 0 bridgehead atoms. The second kappa shape index (κ2) is 6.89. The standard InChI is InChI=1S/C19H16N4O3/c1-12-9-14(7-8-20-12)19-22-18(23-26-19)17-5-3-13-10-15(25-11-24-2)4-6-16(13)21-17/h3-10H,11H2,1-2H3. The lowest BCUT2D eigenvalue weighted by Crippen LogP contribution is -1.98. The summed E-state index contributed by atoms with van der Waals surface area (Å²) in [6.45, 7) is 2.12. The Kier molecular flexibility index (Phi) is 4.28. The molecule has 0 aliphatic carbocycles. The minimum Gasteiger partial charge on any atom is -0.468 e. The van der Waals surface area contributed by atoms with Gasteiger partial charge in [-0.05, 0) is 43.3 Å². The lowest BCUT2D eigenvalue weighted by molar-refractivity contribution is 0.0512. The second-order valence-electron chi connectivity index (χ2n) is 5.71. The van der Waals surface area contributed by atoms with Gasteiger partial charge in [0.05, 0.1) is 5.52 Å². The SMILES string of the molecule is COCOc1ccc2nc(-c3noc(-c4ccnc(C)c4)n3)ccc2c1. The van der Waals surface area contributed by atoms with Crippen LogP contribution in [0.5, 0.6) is 5.75 Å². The number of aromatic nitrogens is 4. The van der Waals surface area contributed by atoms with Gasteiger partial charge in [-0.1, -0.05) is 11.2 Å². The molecule has 0 fully saturated rings. The molecule has 0 unspecified atom stereocenters. The number of hydrogen-bond acceptors (Lipinski definition) is 7. The normalized spacial score (nSPS) is 11.0. The van der Waals surface area contributed by atoms with Gasteiger partial charge in [0.2, 0.25) is 5.82 Å². The third-order valence-corrected chi connectivity index (χ3v) is 3.80. The topological polar surface area (TPSA) is 83.2 Å². The molecule has 1 aromatic carbocycles. The summed E-state index contributed by atoms with van der Waals surface area (Å²) in [6.07, 6.45) is 1.71. The molecule has 26 heavy (non-hydrogen) atoms. The molecule has 130 valence electrons. The number of rotatable bonds is 5. The molecule has 0 aliphatic rings. The van der Waals surface area contributed by atoms with Gasteiger partial charge in [-0.3, -0.25) is 4.98 Å². The predicted molar refractivity (Wildman–Crippen MR) is 95.5 cm³/mol. The first-order valence-corrected chi connectivity index (χ1v) is 8.02. The van der Waals surface area contributed by atoms with Crippen molar-refractivity contribution >= 4 is 10.9 Å². The Morgan fingerprint density at radius 2 is 1.96 bits per heavy atom. The van der Waals surface area contributed by atoms with E-state index in [1.165, 1.54) is 0 Å². The maximum atomic E-state index is 5.45. The summed E-state index contributed by atoms with van der Waals surface area (Å²) in [7, 11) is 1.58. The Morgan fingerprint density at radius 1 is 1.04 bits per heavy atom. The van der Waals surface area contributed by atoms with Crippen LogP contribution in [0, 0.1) is 6.92 Å². The molecular formula is C19H16N4O3. The van der Waals surface area contributed by atoms with Crippen LogP contribution in [0.1, 0.15) is 5.69 Å². The van der Waals surface area contributed by atoms with Crippen molar-refractivity contribution in [2.75, 3.05) is 13.9 Å². The number of hydrogen-bond donors (Lipinski definition) is 0. The van der Waals surface area contributed by atoms with Gasteiger partial charge in [0.25, 0.3) is 5.89 Å². The van der Waals surface area contributed by atoms with Gasteiger partial charge < -0.3 is 14.0 Å². The highest BCUT2D eigenvalue weighted by atomic mass is 16.7. The Balaban J connectivity index is 1.64. The first-order valence-electron chi connectivity index (χ1n) is 8.02. The highest BCUT2D eigenvalue weighted by Gasteiger charge is 2.12. The molecule has 4 aromatic rings. The van der Waals surface area contributed by atoms with Crippen LogP contribution in [-0.2, 0) is 4.74 Å². The van der Waals surface area contributed by atoms with Gasteiger partial charge in [0.15, 0.2) is 6.79 Å². The van der Waals surface area contributed by atoms with Crippen molar-refractivity contribution in [3.63, 3.8) is 0 Å². The summed E-state index contributed by atoms with van der Waals surface area (Å²) in [6, 6.07) is 13.2. The molecule has 0 atom stereocenters. The Hall–Kier alpha value is -3.32.